The smallest absolute Gasteiger partial charge is 0.103 e. The molecule has 1 aromatic carbocycles. The minimum atomic E-state index is -2.33. The largest absolute Gasteiger partial charge is 0.398 e. The van der Waals surface area contributed by atoms with Crippen molar-refractivity contribution in [1.29, 1.82) is 0 Å². The maximum Gasteiger partial charge on any atom is 0.398 e. The molecule has 0 saturated heterocycles. The summed E-state index contributed by atoms with van der Waals surface area (Å²) in [5.74, 6) is 0. The van der Waals surface area contributed by atoms with E-state index >= 15 is 0 Å². The highest BCUT2D eigenvalue weighted by molar-refractivity contribution is 6.80. The van der Waals surface area contributed by atoms with Gasteiger partial charge in [0, 0.05) is 39.5 Å². The molecule has 0 aromatic heterocycles. The van der Waals surface area contributed by atoms with Crippen LogP contribution in [0.1, 0.15) is 0 Å². The standard InChI is InChI=1S/C15H20FNSi/c1-4-12-18(13-5-2,14-6-3)17(16)15-10-8-7-9-11-15/h4-11H,1-3,12-14H2/q+1. The fraction of sp³-hybridized carbons (Fsp3) is 0.200. The van der Waals surface area contributed by atoms with E-state index in [1.807, 2.05) is 18.2 Å². The van der Waals surface area contributed by atoms with Crippen molar-refractivity contribution in [3.05, 3.63) is 68.3 Å². The molecule has 0 aliphatic heterocycles. The van der Waals surface area contributed by atoms with Gasteiger partial charge < -0.3 is 0 Å². The van der Waals surface area contributed by atoms with E-state index in [-0.39, 0.29) is 0 Å². The van der Waals surface area contributed by atoms with Gasteiger partial charge in [-0.15, -0.1) is 19.7 Å². The van der Waals surface area contributed by atoms with Crippen LogP contribution in [0.2, 0.25) is 18.1 Å². The molecule has 0 aliphatic rings. The second kappa shape index (κ2) is 7.09. The molecule has 0 fully saturated rings. The maximum atomic E-state index is 14.8. The van der Waals surface area contributed by atoms with E-state index in [0.29, 0.717) is 23.8 Å². The first-order valence-corrected chi connectivity index (χ1v) is 8.61. The van der Waals surface area contributed by atoms with E-state index in [0.717, 1.165) is 4.79 Å². The SMILES string of the molecule is C=CC[Si](CC=C)(CC=C)[N+](F)c1ccccc1. The molecule has 0 unspecified atom stereocenters. The maximum absolute atomic E-state index is 14.8. The highest BCUT2D eigenvalue weighted by atomic mass is 28.3. The second-order valence-corrected chi connectivity index (χ2v) is 8.39. The minimum Gasteiger partial charge on any atom is -0.103 e. The molecule has 18 heavy (non-hydrogen) atoms. The number of hydrogen-bond donors (Lipinski definition) is 0. The van der Waals surface area contributed by atoms with Gasteiger partial charge in [0.05, 0.1) is 0 Å². The van der Waals surface area contributed by atoms with Gasteiger partial charge in [0.1, 0.15) is 0 Å². The van der Waals surface area contributed by atoms with Crippen LogP contribution in [0.15, 0.2) is 68.3 Å². The van der Waals surface area contributed by atoms with Gasteiger partial charge in [-0.1, -0.05) is 36.4 Å². The molecule has 0 amide bonds. The fourth-order valence-electron chi connectivity index (χ4n) is 2.13. The molecule has 95 valence electrons. The van der Waals surface area contributed by atoms with Crippen molar-refractivity contribution in [2.45, 2.75) is 18.1 Å². The Morgan fingerprint density at radius 2 is 1.39 bits per heavy atom. The van der Waals surface area contributed by atoms with Crippen LogP contribution in [0.5, 0.6) is 0 Å². The molecule has 1 radical (unpaired) electrons. The van der Waals surface area contributed by atoms with Crippen molar-refractivity contribution in [2.24, 2.45) is 0 Å². The lowest BCUT2D eigenvalue weighted by Gasteiger charge is -2.21. The van der Waals surface area contributed by atoms with E-state index < -0.39 is 8.24 Å². The number of halogens is 1. The summed E-state index contributed by atoms with van der Waals surface area (Å²) < 4.78 is 14.8. The van der Waals surface area contributed by atoms with Gasteiger partial charge in [0.25, 0.3) is 0 Å². The molecule has 1 aromatic rings. The zero-order valence-corrected chi connectivity index (χ0v) is 11.7. The summed E-state index contributed by atoms with van der Waals surface area (Å²) in [6.07, 6.45) is 5.40. The predicted octanol–water partition coefficient (Wildman–Crippen LogP) is 4.85. The van der Waals surface area contributed by atoms with E-state index in [9.17, 15) is 4.48 Å². The van der Waals surface area contributed by atoms with Gasteiger partial charge >= 0.3 is 8.24 Å². The zero-order chi connectivity index (χ0) is 13.4. The molecular weight excluding hydrogens is 241 g/mol. The Balaban J connectivity index is 3.10. The molecule has 0 N–H and O–H groups in total. The fourth-order valence-corrected chi connectivity index (χ4v) is 5.42. The lowest BCUT2D eigenvalue weighted by molar-refractivity contribution is 0.316. The van der Waals surface area contributed by atoms with Crippen molar-refractivity contribution in [2.75, 3.05) is 0 Å². The monoisotopic (exact) mass is 261 g/mol. The summed E-state index contributed by atoms with van der Waals surface area (Å²) in [6.45, 7) is 11.3. The summed E-state index contributed by atoms with van der Waals surface area (Å²) >= 11 is 0. The summed E-state index contributed by atoms with van der Waals surface area (Å²) in [5.41, 5.74) is 0.606. The number of benzene rings is 1. The third kappa shape index (κ3) is 3.28. The van der Waals surface area contributed by atoms with Gasteiger partial charge in [-0.05, 0) is 0 Å². The Labute approximate surface area is 110 Å². The number of hydrogen-bond acceptors (Lipinski definition) is 1. The van der Waals surface area contributed by atoms with Crippen LogP contribution >= 0.6 is 0 Å². The van der Waals surface area contributed by atoms with Crippen molar-refractivity contribution in [3.63, 3.8) is 0 Å². The van der Waals surface area contributed by atoms with Gasteiger partial charge in [-0.25, -0.2) is 0 Å². The molecule has 1 nitrogen and oxygen atoms in total. The molecule has 0 atom stereocenters. The quantitative estimate of drug-likeness (QED) is 0.358. The first-order chi connectivity index (χ1) is 8.70. The van der Waals surface area contributed by atoms with E-state index in [2.05, 4.69) is 19.7 Å². The zero-order valence-electron chi connectivity index (χ0n) is 10.7. The molecule has 3 heteroatoms. The summed E-state index contributed by atoms with van der Waals surface area (Å²) in [5, 5.41) is 0. The summed E-state index contributed by atoms with van der Waals surface area (Å²) in [6, 6.07) is 11.2. The number of anilines is 1. The Morgan fingerprint density at radius 3 is 1.78 bits per heavy atom. The number of para-hydroxylation sites is 1. The van der Waals surface area contributed by atoms with Crippen LogP contribution < -0.4 is 4.79 Å². The van der Waals surface area contributed by atoms with Crippen molar-refractivity contribution in [3.8, 4) is 0 Å². The molecule has 0 saturated carbocycles. The Morgan fingerprint density at radius 1 is 0.944 bits per heavy atom. The van der Waals surface area contributed by atoms with Crippen LogP contribution in [0, 0.1) is 0 Å². The van der Waals surface area contributed by atoms with Gasteiger partial charge in [-0.3, -0.25) is 0 Å². The van der Waals surface area contributed by atoms with Crippen molar-refractivity contribution >= 4 is 13.9 Å². The topological polar surface area (TPSA) is 5.90 Å². The highest BCUT2D eigenvalue weighted by Crippen LogP contribution is 2.31. The molecule has 0 spiro atoms. The lowest BCUT2D eigenvalue weighted by Crippen LogP contribution is -2.49. The van der Waals surface area contributed by atoms with Crippen LogP contribution in [0.3, 0.4) is 0 Å². The molecule has 0 bridgehead atoms. The minimum absolute atomic E-state index is 0.606. The Hall–Kier alpha value is -1.45. The Kier molecular flexibility index (Phi) is 5.75. The second-order valence-electron chi connectivity index (χ2n) is 4.32. The first kappa shape index (κ1) is 14.6. The van der Waals surface area contributed by atoms with Gasteiger partial charge in [-0.2, -0.15) is 0 Å². The van der Waals surface area contributed by atoms with E-state index in [1.165, 1.54) is 0 Å². The summed E-state index contributed by atoms with van der Waals surface area (Å²) in [4.78, 5) is 0.956. The predicted molar refractivity (Wildman–Crippen MR) is 80.1 cm³/mol. The van der Waals surface area contributed by atoms with Gasteiger partial charge in [0.15, 0.2) is 0 Å². The molecule has 1 rings (SSSR count). The van der Waals surface area contributed by atoms with E-state index in [1.54, 1.807) is 30.4 Å². The van der Waals surface area contributed by atoms with Crippen molar-refractivity contribution < 1.29 is 4.48 Å². The van der Waals surface area contributed by atoms with E-state index in [4.69, 9.17) is 0 Å². The van der Waals surface area contributed by atoms with Crippen LogP contribution in [-0.4, -0.2) is 8.24 Å². The van der Waals surface area contributed by atoms with Crippen LogP contribution in [0.4, 0.5) is 10.2 Å². The first-order valence-electron chi connectivity index (χ1n) is 6.04. The van der Waals surface area contributed by atoms with Crippen LogP contribution in [-0.2, 0) is 0 Å². The van der Waals surface area contributed by atoms with Gasteiger partial charge in [0.2, 0.25) is 5.69 Å². The number of allylic oxidation sites excluding steroid dienone is 3. The highest BCUT2D eigenvalue weighted by Gasteiger charge is 2.52. The average molecular weight is 261 g/mol. The molecular formula is C15H20FNSi+. The molecule has 0 aliphatic carbocycles. The number of nitrogens with zero attached hydrogens (tertiary/aromatic N) is 1. The normalized spacial score (nSPS) is 11.2. The number of rotatable bonds is 8. The van der Waals surface area contributed by atoms with Crippen molar-refractivity contribution in [1.82, 2.24) is 4.79 Å². The van der Waals surface area contributed by atoms with Crippen LogP contribution in [0.25, 0.3) is 0 Å². The lowest BCUT2D eigenvalue weighted by atomic mass is 10.3. The molecule has 0 heterocycles. The average Bonchev–Trinajstić information content (AvgIpc) is 2.39. The Bertz CT molecular complexity index is 376. The third-order valence-corrected chi connectivity index (χ3v) is 7.21. The third-order valence-electron chi connectivity index (χ3n) is 2.97. The summed E-state index contributed by atoms with van der Waals surface area (Å²) in [7, 11) is -2.33.